The van der Waals surface area contributed by atoms with Gasteiger partial charge in [0.05, 0.1) is 12.1 Å². The molecule has 0 bridgehead atoms. The third kappa shape index (κ3) is 3.15. The normalized spacial score (nSPS) is 20.5. The number of hydrogen-bond donors (Lipinski definition) is 1. The average Bonchev–Trinajstić information content (AvgIpc) is 2.48. The maximum atomic E-state index is 13.8. The van der Waals surface area contributed by atoms with E-state index in [2.05, 4.69) is 5.32 Å². The molecule has 3 nitrogen and oxygen atoms in total. The summed E-state index contributed by atoms with van der Waals surface area (Å²) in [6, 6.07) is 2.61. The molecule has 0 aliphatic carbocycles. The fraction of sp³-hybridized carbons (Fsp3) is 0.533. The van der Waals surface area contributed by atoms with Crippen LogP contribution >= 0.6 is 0 Å². The van der Waals surface area contributed by atoms with Crippen molar-refractivity contribution in [1.82, 2.24) is 10.2 Å². The minimum absolute atomic E-state index is 0.0686. The second-order valence-corrected chi connectivity index (χ2v) is 5.29. The Balaban J connectivity index is 2.12. The summed E-state index contributed by atoms with van der Waals surface area (Å²) in [5, 5.41) is 3.17. The molecule has 2 atom stereocenters. The third-order valence-corrected chi connectivity index (χ3v) is 3.95. The van der Waals surface area contributed by atoms with E-state index in [-0.39, 0.29) is 17.5 Å². The van der Waals surface area contributed by atoms with Crippen molar-refractivity contribution in [3.63, 3.8) is 0 Å². The van der Waals surface area contributed by atoms with Crippen LogP contribution in [0.3, 0.4) is 0 Å². The van der Waals surface area contributed by atoms with Gasteiger partial charge in [-0.05, 0) is 44.5 Å². The van der Waals surface area contributed by atoms with Crippen molar-refractivity contribution in [1.29, 1.82) is 0 Å². The molecule has 1 aliphatic heterocycles. The predicted octanol–water partition coefficient (Wildman–Crippen LogP) is 2.63. The molecular weight excluding hydrogens is 262 g/mol. The van der Waals surface area contributed by atoms with Gasteiger partial charge >= 0.3 is 0 Å². The highest BCUT2D eigenvalue weighted by Gasteiger charge is 2.27. The van der Waals surface area contributed by atoms with Crippen LogP contribution < -0.4 is 5.32 Å². The summed E-state index contributed by atoms with van der Waals surface area (Å²) in [4.78, 5) is 13.8. The lowest BCUT2D eigenvalue weighted by Crippen LogP contribution is -2.47. The quantitative estimate of drug-likeness (QED) is 0.924. The fourth-order valence-corrected chi connectivity index (χ4v) is 2.54. The van der Waals surface area contributed by atoms with Gasteiger partial charge in [-0.2, -0.15) is 0 Å². The summed E-state index contributed by atoms with van der Waals surface area (Å²) in [5.41, 5.74) is 0.205. The Labute approximate surface area is 118 Å². The number of benzene rings is 1. The van der Waals surface area contributed by atoms with E-state index >= 15 is 0 Å². The molecule has 1 unspecified atom stereocenters. The second kappa shape index (κ2) is 6.31. The number of nitrogens with one attached hydrogen (secondary N) is 1. The highest BCUT2D eigenvalue weighted by Crippen LogP contribution is 2.24. The first-order chi connectivity index (χ1) is 9.50. The maximum Gasteiger partial charge on any atom is 0.239 e. The van der Waals surface area contributed by atoms with Crippen molar-refractivity contribution in [3.8, 4) is 0 Å². The molecule has 1 saturated heterocycles. The van der Waals surface area contributed by atoms with Crippen molar-refractivity contribution in [3.05, 3.63) is 35.4 Å². The second-order valence-electron chi connectivity index (χ2n) is 5.29. The van der Waals surface area contributed by atoms with Crippen LogP contribution in [0.4, 0.5) is 8.78 Å². The Kier molecular flexibility index (Phi) is 4.70. The van der Waals surface area contributed by atoms with E-state index < -0.39 is 17.7 Å². The van der Waals surface area contributed by atoms with E-state index in [1.807, 2.05) is 0 Å². The number of hydrogen-bond acceptors (Lipinski definition) is 2. The van der Waals surface area contributed by atoms with Crippen molar-refractivity contribution in [2.45, 2.75) is 38.3 Å². The summed E-state index contributed by atoms with van der Waals surface area (Å²) in [5.74, 6) is -1.05. The van der Waals surface area contributed by atoms with Crippen molar-refractivity contribution in [2.75, 3.05) is 13.6 Å². The van der Waals surface area contributed by atoms with E-state index in [1.165, 1.54) is 4.90 Å². The van der Waals surface area contributed by atoms with Gasteiger partial charge in [0.15, 0.2) is 0 Å². The summed E-state index contributed by atoms with van der Waals surface area (Å²) < 4.78 is 27.0. The Bertz CT molecular complexity index is 487. The van der Waals surface area contributed by atoms with Gasteiger partial charge in [-0.3, -0.25) is 4.79 Å². The summed E-state index contributed by atoms with van der Waals surface area (Å²) in [7, 11) is 1.63. The van der Waals surface area contributed by atoms with E-state index in [1.54, 1.807) is 14.0 Å². The molecule has 1 amide bonds. The number of rotatable bonds is 3. The fourth-order valence-electron chi connectivity index (χ4n) is 2.54. The first kappa shape index (κ1) is 14.9. The van der Waals surface area contributed by atoms with Gasteiger partial charge in [-0.25, -0.2) is 8.78 Å². The average molecular weight is 282 g/mol. The molecule has 20 heavy (non-hydrogen) atoms. The van der Waals surface area contributed by atoms with Crippen LogP contribution in [0, 0.1) is 11.6 Å². The van der Waals surface area contributed by atoms with Gasteiger partial charge in [0.2, 0.25) is 5.91 Å². The molecular formula is C15H20F2N2O. The lowest BCUT2D eigenvalue weighted by molar-refractivity contribution is -0.134. The number of carbonyl (C=O) groups is 1. The number of amides is 1. The molecule has 1 aliphatic rings. The number of halogens is 2. The number of carbonyl (C=O) groups excluding carboxylic acids is 1. The van der Waals surface area contributed by atoms with Crippen molar-refractivity contribution in [2.24, 2.45) is 0 Å². The summed E-state index contributed by atoms with van der Waals surface area (Å²) in [6.07, 6.45) is 2.88. The molecule has 0 aromatic heterocycles. The van der Waals surface area contributed by atoms with Crippen LogP contribution in [0.2, 0.25) is 0 Å². The van der Waals surface area contributed by atoms with E-state index in [0.29, 0.717) is 0 Å². The minimum atomic E-state index is -0.498. The molecule has 1 fully saturated rings. The first-order valence-corrected chi connectivity index (χ1v) is 6.95. The largest absolute Gasteiger partial charge is 0.338 e. The molecule has 0 spiro atoms. The lowest BCUT2D eigenvalue weighted by atomic mass is 10.0. The minimum Gasteiger partial charge on any atom is -0.338 e. The van der Waals surface area contributed by atoms with Gasteiger partial charge in [-0.1, -0.05) is 6.42 Å². The zero-order chi connectivity index (χ0) is 14.7. The van der Waals surface area contributed by atoms with E-state index in [9.17, 15) is 13.6 Å². The van der Waals surface area contributed by atoms with Gasteiger partial charge in [0, 0.05) is 12.6 Å². The summed E-state index contributed by atoms with van der Waals surface area (Å²) in [6.45, 7) is 2.53. The highest BCUT2D eigenvalue weighted by atomic mass is 19.1. The van der Waals surface area contributed by atoms with Gasteiger partial charge < -0.3 is 10.2 Å². The van der Waals surface area contributed by atoms with Gasteiger partial charge in [0.25, 0.3) is 0 Å². The molecule has 1 N–H and O–H groups in total. The van der Waals surface area contributed by atoms with Crippen LogP contribution in [0.15, 0.2) is 18.2 Å². The van der Waals surface area contributed by atoms with Crippen molar-refractivity contribution >= 4 is 5.91 Å². The standard InChI is InChI=1S/C15H20F2N2O/c1-10(12-9-11(16)6-7-13(12)17)19(2)15(20)14-5-3-4-8-18-14/h6-7,9-10,14,18H,3-5,8H2,1-2H3/t10?,14-/m0/s1. The van der Waals surface area contributed by atoms with Gasteiger partial charge in [0.1, 0.15) is 11.6 Å². The topological polar surface area (TPSA) is 32.3 Å². The maximum absolute atomic E-state index is 13.8. The Hall–Kier alpha value is -1.49. The Morgan fingerprint density at radius 3 is 2.80 bits per heavy atom. The highest BCUT2D eigenvalue weighted by molar-refractivity contribution is 5.82. The van der Waals surface area contributed by atoms with E-state index in [0.717, 1.165) is 44.0 Å². The van der Waals surface area contributed by atoms with Crippen LogP contribution in [-0.4, -0.2) is 30.4 Å². The van der Waals surface area contributed by atoms with E-state index in [4.69, 9.17) is 0 Å². The van der Waals surface area contributed by atoms with Crippen LogP contribution in [0.1, 0.15) is 37.8 Å². The zero-order valence-electron chi connectivity index (χ0n) is 11.8. The molecule has 5 heteroatoms. The van der Waals surface area contributed by atoms with Gasteiger partial charge in [-0.15, -0.1) is 0 Å². The number of nitrogens with zero attached hydrogens (tertiary/aromatic N) is 1. The van der Waals surface area contributed by atoms with Crippen LogP contribution in [0.25, 0.3) is 0 Å². The molecule has 1 aromatic rings. The predicted molar refractivity (Wildman–Crippen MR) is 73.2 cm³/mol. The summed E-state index contributed by atoms with van der Waals surface area (Å²) >= 11 is 0. The van der Waals surface area contributed by atoms with Crippen LogP contribution in [-0.2, 0) is 4.79 Å². The molecule has 2 rings (SSSR count). The SMILES string of the molecule is CC(c1cc(F)ccc1F)N(C)C(=O)[C@@H]1CCCCN1. The molecule has 0 radical (unpaired) electrons. The number of likely N-dealkylation sites (N-methyl/N-ethyl adjacent to an activating group) is 1. The monoisotopic (exact) mass is 282 g/mol. The Morgan fingerprint density at radius 1 is 1.40 bits per heavy atom. The number of piperidine rings is 1. The van der Waals surface area contributed by atoms with Crippen LogP contribution in [0.5, 0.6) is 0 Å². The molecule has 1 heterocycles. The lowest BCUT2D eigenvalue weighted by Gasteiger charge is -2.31. The zero-order valence-corrected chi connectivity index (χ0v) is 11.8. The smallest absolute Gasteiger partial charge is 0.239 e. The Morgan fingerprint density at radius 2 is 2.15 bits per heavy atom. The molecule has 1 aromatic carbocycles. The molecule has 110 valence electrons. The third-order valence-electron chi connectivity index (χ3n) is 3.95. The first-order valence-electron chi connectivity index (χ1n) is 6.95. The molecule has 0 saturated carbocycles. The van der Waals surface area contributed by atoms with Crippen molar-refractivity contribution < 1.29 is 13.6 Å².